The summed E-state index contributed by atoms with van der Waals surface area (Å²) in [5.41, 5.74) is 0.884. The number of phenolic OH excluding ortho intramolecular Hbond substituents is 1. The summed E-state index contributed by atoms with van der Waals surface area (Å²) in [5.74, 6) is -0.279. The Morgan fingerprint density at radius 1 is 1.24 bits per heavy atom. The molecule has 0 aliphatic rings. The Kier molecular flexibility index (Phi) is 4.55. The second kappa shape index (κ2) is 6.64. The zero-order valence-electron chi connectivity index (χ0n) is 13.9. The van der Waals surface area contributed by atoms with Gasteiger partial charge in [0.25, 0.3) is 5.56 Å². The molecule has 0 unspecified atom stereocenters. The molecule has 0 saturated heterocycles. The summed E-state index contributed by atoms with van der Waals surface area (Å²) in [5, 5.41) is 13.3. The molecule has 3 aromatic rings. The molecule has 0 aliphatic carbocycles. The summed E-state index contributed by atoms with van der Waals surface area (Å²) in [6.07, 6.45) is 0. The van der Waals surface area contributed by atoms with E-state index in [2.05, 4.69) is 5.32 Å². The zero-order valence-corrected chi connectivity index (χ0v) is 14.6. The average Bonchev–Trinajstić information content (AvgIpc) is 2.79. The molecule has 6 nitrogen and oxygen atoms in total. The minimum atomic E-state index is -0.357. The fourth-order valence-corrected chi connectivity index (χ4v) is 2.96. The van der Waals surface area contributed by atoms with Crippen LogP contribution in [0.1, 0.15) is 13.8 Å². The Labute approximate surface area is 149 Å². The molecule has 0 bridgehead atoms. The van der Waals surface area contributed by atoms with E-state index in [-0.39, 0.29) is 29.8 Å². The van der Waals surface area contributed by atoms with Crippen molar-refractivity contribution in [1.29, 1.82) is 0 Å². The second-order valence-electron chi connectivity index (χ2n) is 6.08. The maximum Gasteiger partial charge on any atom is 0.275 e. The first-order valence-corrected chi connectivity index (χ1v) is 8.24. The lowest BCUT2D eigenvalue weighted by Gasteiger charge is -2.14. The third-order valence-electron chi connectivity index (χ3n) is 3.71. The number of amides is 1. The third kappa shape index (κ3) is 3.39. The number of hydrogen-bond donors (Lipinski definition) is 2. The van der Waals surface area contributed by atoms with Gasteiger partial charge in [-0.2, -0.15) is 0 Å². The lowest BCUT2D eigenvalue weighted by Crippen LogP contribution is -2.37. The van der Waals surface area contributed by atoms with Gasteiger partial charge in [0.1, 0.15) is 12.3 Å². The van der Waals surface area contributed by atoms with E-state index in [0.717, 1.165) is 0 Å². The summed E-state index contributed by atoms with van der Waals surface area (Å²) in [7, 11) is 0. The Bertz CT molecular complexity index is 1000. The van der Waals surface area contributed by atoms with Crippen molar-refractivity contribution >= 4 is 28.4 Å². The van der Waals surface area contributed by atoms with E-state index in [4.69, 9.17) is 11.6 Å². The van der Waals surface area contributed by atoms with E-state index >= 15 is 0 Å². The Balaban J connectivity index is 2.23. The van der Waals surface area contributed by atoms with Crippen LogP contribution in [0.15, 0.2) is 47.3 Å². The van der Waals surface area contributed by atoms with Crippen LogP contribution >= 0.6 is 11.6 Å². The molecule has 0 aliphatic heterocycles. The van der Waals surface area contributed by atoms with Crippen molar-refractivity contribution in [2.24, 2.45) is 0 Å². The van der Waals surface area contributed by atoms with Gasteiger partial charge in [0.2, 0.25) is 5.91 Å². The molecule has 0 atom stereocenters. The van der Waals surface area contributed by atoms with Gasteiger partial charge in [-0.25, -0.2) is 9.36 Å². The highest BCUT2D eigenvalue weighted by molar-refractivity contribution is 6.30. The van der Waals surface area contributed by atoms with Crippen molar-refractivity contribution in [1.82, 2.24) is 14.7 Å². The third-order valence-corrected chi connectivity index (χ3v) is 3.95. The number of fused-ring (bicyclic) bond motifs is 1. The van der Waals surface area contributed by atoms with Crippen molar-refractivity contribution in [3.63, 3.8) is 0 Å². The molecule has 130 valence electrons. The second-order valence-corrected chi connectivity index (χ2v) is 6.51. The number of nitrogens with one attached hydrogen (secondary N) is 1. The van der Waals surface area contributed by atoms with Crippen molar-refractivity contribution in [3.8, 4) is 11.4 Å². The van der Waals surface area contributed by atoms with Crippen molar-refractivity contribution in [2.75, 3.05) is 0 Å². The molecule has 7 heteroatoms. The van der Waals surface area contributed by atoms with Crippen LogP contribution < -0.4 is 10.9 Å². The number of aromatic hydroxyl groups is 1. The average molecular weight is 360 g/mol. The van der Waals surface area contributed by atoms with E-state index in [1.165, 1.54) is 16.8 Å². The van der Waals surface area contributed by atoms with Gasteiger partial charge in [-0.15, -0.1) is 0 Å². The number of halogens is 1. The van der Waals surface area contributed by atoms with Crippen molar-refractivity contribution in [2.45, 2.75) is 26.4 Å². The van der Waals surface area contributed by atoms with Crippen LogP contribution in [0.3, 0.4) is 0 Å². The number of nitrogens with zero attached hydrogens (tertiary/aromatic N) is 2. The molecular formula is C18H18ClN3O3. The molecule has 2 N–H and O–H groups in total. The molecule has 0 spiro atoms. The van der Waals surface area contributed by atoms with Crippen LogP contribution in [0.5, 0.6) is 5.75 Å². The molecular weight excluding hydrogens is 342 g/mol. The molecule has 1 amide bonds. The van der Waals surface area contributed by atoms with E-state index < -0.39 is 0 Å². The zero-order chi connectivity index (χ0) is 18.1. The van der Waals surface area contributed by atoms with Gasteiger partial charge in [-0.05, 0) is 50.2 Å². The first-order chi connectivity index (χ1) is 11.9. The quantitative estimate of drug-likeness (QED) is 0.752. The molecule has 0 saturated carbocycles. The Morgan fingerprint density at radius 2 is 2.00 bits per heavy atom. The van der Waals surface area contributed by atoms with Gasteiger partial charge in [-0.3, -0.25) is 9.59 Å². The van der Waals surface area contributed by atoms with Crippen LogP contribution in [0.4, 0.5) is 0 Å². The van der Waals surface area contributed by atoms with Gasteiger partial charge >= 0.3 is 0 Å². The molecule has 25 heavy (non-hydrogen) atoms. The first kappa shape index (κ1) is 17.1. The van der Waals surface area contributed by atoms with Crippen LogP contribution in [0, 0.1) is 0 Å². The number of carbonyl (C=O) groups is 1. The molecule has 1 heterocycles. The molecule has 1 aromatic heterocycles. The van der Waals surface area contributed by atoms with Gasteiger partial charge in [0, 0.05) is 11.1 Å². The van der Waals surface area contributed by atoms with Gasteiger partial charge < -0.3 is 10.4 Å². The fourth-order valence-electron chi connectivity index (χ4n) is 2.77. The summed E-state index contributed by atoms with van der Waals surface area (Å²) in [6.45, 7) is 3.56. The van der Waals surface area contributed by atoms with Gasteiger partial charge in [0.05, 0.1) is 16.6 Å². The van der Waals surface area contributed by atoms with E-state index in [9.17, 15) is 14.7 Å². The lowest BCUT2D eigenvalue weighted by molar-refractivity contribution is -0.122. The van der Waals surface area contributed by atoms with Crippen molar-refractivity contribution in [3.05, 3.63) is 57.8 Å². The monoisotopic (exact) mass is 359 g/mol. The SMILES string of the molecule is CC(C)NC(=O)Cn1c(=O)c2cc(O)ccc2n1-c1cccc(Cl)c1. The minimum Gasteiger partial charge on any atom is -0.508 e. The number of hydrogen-bond acceptors (Lipinski definition) is 3. The number of carbonyl (C=O) groups excluding carboxylic acids is 1. The minimum absolute atomic E-state index is 0.00775. The predicted octanol–water partition coefficient (Wildman–Crippen LogP) is 2.68. The molecule has 2 aromatic carbocycles. The van der Waals surface area contributed by atoms with E-state index in [1.807, 2.05) is 13.8 Å². The van der Waals surface area contributed by atoms with Crippen LogP contribution in [-0.4, -0.2) is 26.4 Å². The first-order valence-electron chi connectivity index (χ1n) is 7.86. The lowest BCUT2D eigenvalue weighted by atomic mass is 10.2. The van der Waals surface area contributed by atoms with Crippen LogP contribution in [0.25, 0.3) is 16.6 Å². The van der Waals surface area contributed by atoms with Crippen LogP contribution in [0.2, 0.25) is 5.02 Å². The highest BCUT2D eigenvalue weighted by Gasteiger charge is 2.18. The van der Waals surface area contributed by atoms with Crippen molar-refractivity contribution < 1.29 is 9.90 Å². The van der Waals surface area contributed by atoms with E-state index in [0.29, 0.717) is 21.6 Å². The van der Waals surface area contributed by atoms with Gasteiger partial charge in [-0.1, -0.05) is 17.7 Å². The summed E-state index contributed by atoms with van der Waals surface area (Å²) in [4.78, 5) is 25.0. The summed E-state index contributed by atoms with van der Waals surface area (Å²) < 4.78 is 2.98. The maximum absolute atomic E-state index is 12.8. The Hall–Kier alpha value is -2.73. The standard InChI is InChI=1S/C18H18ClN3O3/c1-11(2)20-17(24)10-21-18(25)15-9-14(23)6-7-16(15)22(21)13-5-3-4-12(19)8-13/h3-9,11,23H,10H2,1-2H3,(H,20,24). The summed E-state index contributed by atoms with van der Waals surface area (Å²) >= 11 is 6.08. The van der Waals surface area contributed by atoms with Gasteiger partial charge in [0.15, 0.2) is 0 Å². The number of aromatic nitrogens is 2. The summed E-state index contributed by atoms with van der Waals surface area (Å²) in [6, 6.07) is 11.5. The van der Waals surface area contributed by atoms with E-state index in [1.54, 1.807) is 35.0 Å². The topological polar surface area (TPSA) is 76.3 Å². The highest BCUT2D eigenvalue weighted by atomic mass is 35.5. The normalized spacial score (nSPS) is 11.2. The molecule has 3 rings (SSSR count). The Morgan fingerprint density at radius 3 is 2.68 bits per heavy atom. The maximum atomic E-state index is 12.8. The highest BCUT2D eigenvalue weighted by Crippen LogP contribution is 2.23. The van der Waals surface area contributed by atoms with Crippen LogP contribution in [-0.2, 0) is 11.3 Å². The predicted molar refractivity (Wildman–Crippen MR) is 97.5 cm³/mol. The largest absolute Gasteiger partial charge is 0.508 e. The molecule has 0 fully saturated rings. The fraction of sp³-hybridized carbons (Fsp3) is 0.222. The number of benzene rings is 2. The molecule has 0 radical (unpaired) electrons. The smallest absolute Gasteiger partial charge is 0.275 e. The number of phenols is 1. The number of rotatable bonds is 4.